The smallest absolute Gasteiger partial charge is 0.142 e. The van der Waals surface area contributed by atoms with Crippen molar-refractivity contribution in [2.24, 2.45) is 11.7 Å². The number of nitrogens with two attached hydrogens (primary N) is 1. The SMILES string of the molecule is NC(CC1CCCC1)c1cccc(F)c1Cl. The second kappa shape index (κ2) is 5.15. The van der Waals surface area contributed by atoms with Gasteiger partial charge in [0.05, 0.1) is 5.02 Å². The molecule has 88 valence electrons. The minimum Gasteiger partial charge on any atom is -0.324 e. The molecule has 2 N–H and O–H groups in total. The zero-order valence-corrected chi connectivity index (χ0v) is 10.0. The molecule has 0 aliphatic heterocycles. The zero-order chi connectivity index (χ0) is 11.5. The topological polar surface area (TPSA) is 26.0 Å². The highest BCUT2D eigenvalue weighted by molar-refractivity contribution is 6.31. The van der Waals surface area contributed by atoms with E-state index in [1.807, 2.05) is 6.07 Å². The van der Waals surface area contributed by atoms with E-state index in [9.17, 15) is 4.39 Å². The summed E-state index contributed by atoms with van der Waals surface area (Å²) in [6.07, 6.45) is 6.02. The third-order valence-corrected chi connectivity index (χ3v) is 3.84. The average Bonchev–Trinajstić information content (AvgIpc) is 2.74. The first kappa shape index (κ1) is 11.9. The molecule has 1 aromatic rings. The Labute approximate surface area is 101 Å². The molecular formula is C13H17ClFN. The molecule has 0 aromatic heterocycles. The van der Waals surface area contributed by atoms with Crippen LogP contribution in [0.25, 0.3) is 0 Å². The van der Waals surface area contributed by atoms with Gasteiger partial charge in [0.1, 0.15) is 5.82 Å². The number of hydrogen-bond donors (Lipinski definition) is 1. The maximum Gasteiger partial charge on any atom is 0.142 e. The van der Waals surface area contributed by atoms with E-state index in [4.69, 9.17) is 17.3 Å². The van der Waals surface area contributed by atoms with Gasteiger partial charge in [0.25, 0.3) is 0 Å². The Kier molecular flexibility index (Phi) is 3.82. The van der Waals surface area contributed by atoms with Crippen molar-refractivity contribution >= 4 is 11.6 Å². The Morgan fingerprint density at radius 1 is 1.38 bits per heavy atom. The molecule has 16 heavy (non-hydrogen) atoms. The fourth-order valence-electron chi connectivity index (χ4n) is 2.54. The zero-order valence-electron chi connectivity index (χ0n) is 9.26. The Balaban J connectivity index is 2.07. The quantitative estimate of drug-likeness (QED) is 0.849. The van der Waals surface area contributed by atoms with Crippen molar-refractivity contribution in [3.63, 3.8) is 0 Å². The lowest BCUT2D eigenvalue weighted by Gasteiger charge is -2.17. The summed E-state index contributed by atoms with van der Waals surface area (Å²) in [5.74, 6) is 0.315. The molecule has 0 heterocycles. The molecule has 1 aromatic carbocycles. The lowest BCUT2D eigenvalue weighted by Crippen LogP contribution is -2.15. The van der Waals surface area contributed by atoms with Gasteiger partial charge in [0.15, 0.2) is 0 Å². The van der Waals surface area contributed by atoms with Crippen LogP contribution < -0.4 is 5.73 Å². The maximum absolute atomic E-state index is 13.3. The number of hydrogen-bond acceptors (Lipinski definition) is 1. The van der Waals surface area contributed by atoms with Crippen LogP contribution in [0, 0.1) is 11.7 Å². The van der Waals surface area contributed by atoms with Gasteiger partial charge in [0.2, 0.25) is 0 Å². The predicted octanol–water partition coefficient (Wildman–Crippen LogP) is 4.06. The van der Waals surface area contributed by atoms with Gasteiger partial charge >= 0.3 is 0 Å². The molecule has 1 nitrogen and oxygen atoms in total. The Bertz CT molecular complexity index is 361. The molecule has 1 aliphatic carbocycles. The van der Waals surface area contributed by atoms with Crippen LogP contribution in [0.1, 0.15) is 43.7 Å². The molecule has 0 saturated heterocycles. The van der Waals surface area contributed by atoms with Crippen molar-refractivity contribution in [3.8, 4) is 0 Å². The number of rotatable bonds is 3. The molecule has 1 aliphatic rings. The maximum atomic E-state index is 13.3. The van der Waals surface area contributed by atoms with E-state index in [-0.39, 0.29) is 16.9 Å². The second-order valence-electron chi connectivity index (χ2n) is 4.64. The molecule has 1 unspecified atom stereocenters. The van der Waals surface area contributed by atoms with E-state index in [1.54, 1.807) is 6.07 Å². The van der Waals surface area contributed by atoms with Crippen molar-refractivity contribution < 1.29 is 4.39 Å². The largest absolute Gasteiger partial charge is 0.324 e. The van der Waals surface area contributed by atoms with Crippen molar-refractivity contribution in [2.75, 3.05) is 0 Å². The van der Waals surface area contributed by atoms with Gasteiger partial charge in [-0.15, -0.1) is 0 Å². The summed E-state index contributed by atoms with van der Waals surface area (Å²) in [7, 11) is 0. The average molecular weight is 242 g/mol. The fourth-order valence-corrected chi connectivity index (χ4v) is 2.81. The molecule has 1 saturated carbocycles. The van der Waals surface area contributed by atoms with Crippen LogP contribution in [-0.2, 0) is 0 Å². The highest BCUT2D eigenvalue weighted by Gasteiger charge is 2.20. The lowest BCUT2D eigenvalue weighted by molar-refractivity contribution is 0.449. The van der Waals surface area contributed by atoms with Gasteiger partial charge in [-0.05, 0) is 24.0 Å². The first-order valence-electron chi connectivity index (χ1n) is 5.88. The molecule has 0 amide bonds. The van der Waals surface area contributed by atoms with Crippen molar-refractivity contribution in [3.05, 3.63) is 34.6 Å². The van der Waals surface area contributed by atoms with Crippen LogP contribution in [-0.4, -0.2) is 0 Å². The summed E-state index contributed by atoms with van der Waals surface area (Å²) in [4.78, 5) is 0. The summed E-state index contributed by atoms with van der Waals surface area (Å²) < 4.78 is 13.3. The molecular weight excluding hydrogens is 225 g/mol. The second-order valence-corrected chi connectivity index (χ2v) is 5.01. The minimum atomic E-state index is -0.374. The first-order chi connectivity index (χ1) is 7.68. The standard InChI is InChI=1S/C13H17ClFN/c14-13-10(6-3-7-11(13)15)12(16)8-9-4-1-2-5-9/h3,6-7,9,12H,1-2,4-5,8,16H2. The molecule has 0 spiro atoms. The fraction of sp³-hybridized carbons (Fsp3) is 0.538. The predicted molar refractivity (Wildman–Crippen MR) is 64.9 cm³/mol. The first-order valence-corrected chi connectivity index (χ1v) is 6.25. The number of halogens is 2. The Hall–Kier alpha value is -0.600. The van der Waals surface area contributed by atoms with Crippen LogP contribution in [0.2, 0.25) is 5.02 Å². The summed E-state index contributed by atoms with van der Waals surface area (Å²) in [6, 6.07) is 4.73. The number of benzene rings is 1. The van der Waals surface area contributed by atoms with Gasteiger partial charge < -0.3 is 5.73 Å². The van der Waals surface area contributed by atoms with Crippen LogP contribution in [0.3, 0.4) is 0 Å². The molecule has 1 atom stereocenters. The Morgan fingerprint density at radius 2 is 2.06 bits per heavy atom. The third kappa shape index (κ3) is 2.55. The third-order valence-electron chi connectivity index (χ3n) is 3.44. The van der Waals surface area contributed by atoms with Gasteiger partial charge in [-0.3, -0.25) is 0 Å². The summed E-state index contributed by atoms with van der Waals surface area (Å²) in [5, 5.41) is 0.188. The normalized spacial score (nSPS) is 18.9. The summed E-state index contributed by atoms with van der Waals surface area (Å²) in [6.45, 7) is 0. The van der Waals surface area contributed by atoms with Crippen molar-refractivity contribution in [2.45, 2.75) is 38.1 Å². The molecule has 0 bridgehead atoms. The molecule has 1 fully saturated rings. The van der Waals surface area contributed by atoms with Gasteiger partial charge in [0, 0.05) is 6.04 Å². The van der Waals surface area contributed by atoms with Gasteiger partial charge in [-0.25, -0.2) is 4.39 Å². The van der Waals surface area contributed by atoms with E-state index in [0.29, 0.717) is 5.92 Å². The molecule has 3 heteroatoms. The van der Waals surface area contributed by atoms with Gasteiger partial charge in [-0.2, -0.15) is 0 Å². The summed E-state index contributed by atoms with van der Waals surface area (Å²) >= 11 is 5.92. The molecule has 2 rings (SSSR count). The van der Waals surface area contributed by atoms with Crippen LogP contribution in [0.15, 0.2) is 18.2 Å². The van der Waals surface area contributed by atoms with E-state index in [1.165, 1.54) is 31.7 Å². The van der Waals surface area contributed by atoms with Crippen LogP contribution >= 0.6 is 11.6 Å². The van der Waals surface area contributed by atoms with Crippen molar-refractivity contribution in [1.29, 1.82) is 0 Å². The van der Waals surface area contributed by atoms with E-state index in [0.717, 1.165) is 12.0 Å². The van der Waals surface area contributed by atoms with E-state index in [2.05, 4.69) is 0 Å². The van der Waals surface area contributed by atoms with E-state index >= 15 is 0 Å². The van der Waals surface area contributed by atoms with Gasteiger partial charge in [-0.1, -0.05) is 49.4 Å². The van der Waals surface area contributed by atoms with Crippen molar-refractivity contribution in [1.82, 2.24) is 0 Å². The van der Waals surface area contributed by atoms with Crippen LogP contribution in [0.4, 0.5) is 4.39 Å². The van der Waals surface area contributed by atoms with Crippen LogP contribution in [0.5, 0.6) is 0 Å². The highest BCUT2D eigenvalue weighted by atomic mass is 35.5. The van der Waals surface area contributed by atoms with E-state index < -0.39 is 0 Å². The summed E-state index contributed by atoms with van der Waals surface area (Å²) in [5.41, 5.74) is 6.84. The monoisotopic (exact) mass is 241 g/mol. The minimum absolute atomic E-state index is 0.133. The lowest BCUT2D eigenvalue weighted by atomic mass is 9.94. The highest BCUT2D eigenvalue weighted by Crippen LogP contribution is 2.34. The Morgan fingerprint density at radius 3 is 2.75 bits per heavy atom. The molecule has 0 radical (unpaired) electrons.